The van der Waals surface area contributed by atoms with E-state index in [0.29, 0.717) is 39.4 Å². The second-order valence-electron chi connectivity index (χ2n) is 8.21. The number of carbonyl (C=O) groups is 1. The van der Waals surface area contributed by atoms with Crippen molar-refractivity contribution in [3.05, 3.63) is 77.2 Å². The molecule has 0 fully saturated rings. The van der Waals surface area contributed by atoms with Crippen LogP contribution in [-0.4, -0.2) is 32.8 Å². The van der Waals surface area contributed by atoms with Gasteiger partial charge in [-0.3, -0.25) is 9.48 Å². The van der Waals surface area contributed by atoms with E-state index in [1.54, 1.807) is 30.6 Å². The number of hydrogen-bond donors (Lipinski definition) is 2. The van der Waals surface area contributed by atoms with Crippen LogP contribution in [0.5, 0.6) is 5.75 Å². The highest BCUT2D eigenvalue weighted by Gasteiger charge is 2.16. The Morgan fingerprint density at radius 3 is 2.66 bits per heavy atom. The van der Waals surface area contributed by atoms with E-state index in [0.717, 1.165) is 17.5 Å². The van der Waals surface area contributed by atoms with Gasteiger partial charge in [-0.2, -0.15) is 5.10 Å². The van der Waals surface area contributed by atoms with Crippen LogP contribution in [0.2, 0.25) is 5.02 Å². The largest absolute Gasteiger partial charge is 0.496 e. The van der Waals surface area contributed by atoms with Crippen LogP contribution in [0, 0.1) is 0 Å². The number of benzene rings is 2. The van der Waals surface area contributed by atoms with Crippen molar-refractivity contribution in [2.75, 3.05) is 17.7 Å². The predicted molar refractivity (Wildman–Crippen MR) is 139 cm³/mol. The first-order valence-electron chi connectivity index (χ1n) is 11.3. The highest BCUT2D eigenvalue weighted by Crippen LogP contribution is 2.31. The van der Waals surface area contributed by atoms with Gasteiger partial charge in [0.05, 0.1) is 47.2 Å². The van der Waals surface area contributed by atoms with Crippen molar-refractivity contribution >= 4 is 34.8 Å². The molecule has 35 heavy (non-hydrogen) atoms. The first-order valence-corrected chi connectivity index (χ1v) is 11.7. The second-order valence-corrected chi connectivity index (χ2v) is 8.61. The molecule has 2 N–H and O–H groups in total. The summed E-state index contributed by atoms with van der Waals surface area (Å²) in [5, 5.41) is 11.0. The van der Waals surface area contributed by atoms with Crippen LogP contribution < -0.4 is 15.4 Å². The van der Waals surface area contributed by atoms with E-state index in [4.69, 9.17) is 16.3 Å². The number of para-hydroxylation sites is 1. The highest BCUT2D eigenvalue weighted by molar-refractivity contribution is 6.32. The van der Waals surface area contributed by atoms with Gasteiger partial charge in [0.1, 0.15) is 5.75 Å². The number of nitrogens with zero attached hydrogens (tertiary/aromatic N) is 4. The Bertz CT molecular complexity index is 1350. The van der Waals surface area contributed by atoms with Gasteiger partial charge < -0.3 is 15.4 Å². The third-order valence-corrected chi connectivity index (χ3v) is 5.76. The van der Waals surface area contributed by atoms with Gasteiger partial charge in [-0.1, -0.05) is 36.7 Å². The average Bonchev–Trinajstić information content (AvgIpc) is 3.36. The van der Waals surface area contributed by atoms with Gasteiger partial charge in [0, 0.05) is 17.8 Å². The number of carbonyl (C=O) groups excluding carboxylic acids is 1. The van der Waals surface area contributed by atoms with Crippen molar-refractivity contribution in [2.24, 2.45) is 0 Å². The number of rotatable bonds is 8. The summed E-state index contributed by atoms with van der Waals surface area (Å²) in [6.45, 7) is 6.16. The zero-order chi connectivity index (χ0) is 24.9. The lowest BCUT2D eigenvalue weighted by Crippen LogP contribution is -2.14. The second kappa shape index (κ2) is 10.6. The fourth-order valence-electron chi connectivity index (χ4n) is 3.54. The van der Waals surface area contributed by atoms with E-state index in [1.807, 2.05) is 49.0 Å². The van der Waals surface area contributed by atoms with Crippen molar-refractivity contribution in [1.29, 1.82) is 0 Å². The van der Waals surface area contributed by atoms with Gasteiger partial charge in [0.25, 0.3) is 5.91 Å². The van der Waals surface area contributed by atoms with Gasteiger partial charge in [0.15, 0.2) is 0 Å². The number of hydrogen-bond acceptors (Lipinski definition) is 6. The predicted octanol–water partition coefficient (Wildman–Crippen LogP) is 6.14. The molecular weight excluding hydrogens is 464 g/mol. The summed E-state index contributed by atoms with van der Waals surface area (Å²) in [5.41, 5.74) is 4.15. The summed E-state index contributed by atoms with van der Waals surface area (Å²) in [4.78, 5) is 22.0. The van der Waals surface area contributed by atoms with E-state index in [-0.39, 0.29) is 11.9 Å². The molecule has 8 nitrogen and oxygen atoms in total. The van der Waals surface area contributed by atoms with Crippen molar-refractivity contribution in [1.82, 2.24) is 19.7 Å². The summed E-state index contributed by atoms with van der Waals surface area (Å²) >= 11 is 6.41. The normalized spacial score (nSPS) is 10.9. The lowest BCUT2D eigenvalue weighted by Gasteiger charge is -2.15. The minimum Gasteiger partial charge on any atom is -0.496 e. The maximum absolute atomic E-state index is 13.0. The third kappa shape index (κ3) is 5.44. The Morgan fingerprint density at radius 2 is 1.94 bits per heavy atom. The minimum absolute atomic E-state index is 0.216. The molecule has 9 heteroatoms. The number of halogens is 1. The van der Waals surface area contributed by atoms with E-state index < -0.39 is 0 Å². The maximum atomic E-state index is 13.0. The molecule has 2 heterocycles. The standard InChI is InChI=1S/C26H27ClN6O2/c1-5-17-10-11-21(30-25(34)19-8-6-7-9-23(19)35-4)22(12-17)31-26-28-14-20(27)24(32-26)18-13-29-33(15-18)16(2)3/h6-16H,5H2,1-4H3,(H,30,34)(H,28,31,32). The first-order chi connectivity index (χ1) is 16.9. The molecule has 0 atom stereocenters. The number of amides is 1. The summed E-state index contributed by atoms with van der Waals surface area (Å²) in [7, 11) is 1.54. The fraction of sp³-hybridized carbons (Fsp3) is 0.231. The molecule has 4 rings (SSSR count). The molecular formula is C26H27ClN6O2. The van der Waals surface area contributed by atoms with Crippen molar-refractivity contribution in [3.63, 3.8) is 0 Å². The Morgan fingerprint density at radius 1 is 1.14 bits per heavy atom. The molecule has 1 amide bonds. The Balaban J connectivity index is 1.65. The molecule has 0 radical (unpaired) electrons. The van der Waals surface area contributed by atoms with Crippen LogP contribution in [0.4, 0.5) is 17.3 Å². The lowest BCUT2D eigenvalue weighted by atomic mass is 10.1. The van der Waals surface area contributed by atoms with Gasteiger partial charge in [-0.15, -0.1) is 0 Å². The zero-order valence-corrected chi connectivity index (χ0v) is 20.8. The number of ether oxygens (including phenoxy) is 1. The topological polar surface area (TPSA) is 94.0 Å². The average molecular weight is 491 g/mol. The Kier molecular flexibility index (Phi) is 7.31. The Labute approximate surface area is 209 Å². The van der Waals surface area contributed by atoms with Crippen LogP contribution in [0.15, 0.2) is 61.1 Å². The zero-order valence-electron chi connectivity index (χ0n) is 20.0. The number of nitrogens with one attached hydrogen (secondary N) is 2. The number of aromatic nitrogens is 4. The molecule has 0 aliphatic heterocycles. The summed E-state index contributed by atoms with van der Waals surface area (Å²) < 4.78 is 7.18. The maximum Gasteiger partial charge on any atom is 0.259 e. The van der Waals surface area contributed by atoms with Gasteiger partial charge in [0.2, 0.25) is 5.95 Å². The first kappa shape index (κ1) is 24.2. The molecule has 0 saturated carbocycles. The summed E-state index contributed by atoms with van der Waals surface area (Å²) in [5.74, 6) is 0.564. The number of methoxy groups -OCH3 is 1. The van der Waals surface area contributed by atoms with Gasteiger partial charge in [-0.05, 0) is 50.1 Å². The molecule has 2 aromatic carbocycles. The lowest BCUT2D eigenvalue weighted by molar-refractivity contribution is 0.102. The minimum atomic E-state index is -0.284. The fourth-order valence-corrected chi connectivity index (χ4v) is 3.74. The van der Waals surface area contributed by atoms with Crippen LogP contribution >= 0.6 is 11.6 Å². The molecule has 0 unspecified atom stereocenters. The van der Waals surface area contributed by atoms with Crippen molar-refractivity contribution in [2.45, 2.75) is 33.2 Å². The molecule has 2 aromatic heterocycles. The molecule has 180 valence electrons. The number of anilines is 3. The van der Waals surface area contributed by atoms with E-state index >= 15 is 0 Å². The smallest absolute Gasteiger partial charge is 0.259 e. The SMILES string of the molecule is CCc1ccc(NC(=O)c2ccccc2OC)c(Nc2ncc(Cl)c(-c3cnn(C(C)C)c3)n2)c1. The van der Waals surface area contributed by atoms with Crippen molar-refractivity contribution in [3.8, 4) is 17.0 Å². The van der Waals surface area contributed by atoms with E-state index in [9.17, 15) is 4.79 Å². The number of aryl methyl sites for hydroxylation is 1. The summed E-state index contributed by atoms with van der Waals surface area (Å²) in [6.07, 6.45) is 6.01. The highest BCUT2D eigenvalue weighted by atomic mass is 35.5. The molecule has 0 saturated heterocycles. The molecule has 0 aliphatic rings. The third-order valence-electron chi connectivity index (χ3n) is 5.49. The van der Waals surface area contributed by atoms with Crippen LogP contribution in [0.3, 0.4) is 0 Å². The van der Waals surface area contributed by atoms with E-state index in [1.165, 1.54) is 7.11 Å². The monoisotopic (exact) mass is 490 g/mol. The molecule has 0 spiro atoms. The van der Waals surface area contributed by atoms with Gasteiger partial charge >= 0.3 is 0 Å². The van der Waals surface area contributed by atoms with Crippen molar-refractivity contribution < 1.29 is 9.53 Å². The van der Waals surface area contributed by atoms with Crippen LogP contribution in [0.25, 0.3) is 11.3 Å². The molecule has 0 aliphatic carbocycles. The van der Waals surface area contributed by atoms with Crippen LogP contribution in [0.1, 0.15) is 42.7 Å². The van der Waals surface area contributed by atoms with Crippen LogP contribution in [-0.2, 0) is 6.42 Å². The van der Waals surface area contributed by atoms with Gasteiger partial charge in [-0.25, -0.2) is 9.97 Å². The quantitative estimate of drug-likeness (QED) is 0.308. The summed E-state index contributed by atoms with van der Waals surface area (Å²) in [6, 6.07) is 13.1. The molecule has 4 aromatic rings. The Hall–Kier alpha value is -3.91. The molecule has 0 bridgehead atoms. The van der Waals surface area contributed by atoms with E-state index in [2.05, 4.69) is 32.6 Å².